The fraction of sp³-hybridized carbons (Fsp3) is 0.333. The fourth-order valence-corrected chi connectivity index (χ4v) is 1.92. The molecule has 2 aromatic heterocycles. The summed E-state index contributed by atoms with van der Waals surface area (Å²) in [7, 11) is 0. The fourth-order valence-electron chi connectivity index (χ4n) is 1.92. The van der Waals surface area contributed by atoms with Crippen LogP contribution in [-0.2, 0) is 11.2 Å². The Morgan fingerprint density at radius 3 is 3.11 bits per heavy atom. The Morgan fingerprint density at radius 2 is 2.32 bits per heavy atom. The lowest BCUT2D eigenvalue weighted by Gasteiger charge is -2.21. The van der Waals surface area contributed by atoms with Crippen LogP contribution in [0.3, 0.4) is 0 Å². The van der Waals surface area contributed by atoms with Gasteiger partial charge in [0.05, 0.1) is 12.5 Å². The second-order valence-electron chi connectivity index (χ2n) is 4.23. The number of pyridine rings is 1. The lowest BCUT2D eigenvalue weighted by Crippen LogP contribution is -2.53. The number of nitrogens with one attached hydrogen (secondary N) is 2. The highest BCUT2D eigenvalue weighted by Crippen LogP contribution is 2.13. The van der Waals surface area contributed by atoms with E-state index in [1.807, 2.05) is 12.1 Å². The number of piperazine rings is 1. The third kappa shape index (κ3) is 2.60. The highest BCUT2D eigenvalue weighted by atomic mass is 16.5. The Labute approximate surface area is 109 Å². The van der Waals surface area contributed by atoms with E-state index in [0.717, 1.165) is 6.54 Å². The molecule has 1 aliphatic rings. The maximum atomic E-state index is 11.6. The molecule has 1 saturated heterocycles. The van der Waals surface area contributed by atoms with Crippen LogP contribution in [0.4, 0.5) is 0 Å². The van der Waals surface area contributed by atoms with Gasteiger partial charge in [-0.05, 0) is 12.1 Å². The van der Waals surface area contributed by atoms with Gasteiger partial charge in [0.2, 0.25) is 17.6 Å². The molecule has 2 N–H and O–H groups in total. The van der Waals surface area contributed by atoms with Gasteiger partial charge in [-0.3, -0.25) is 9.78 Å². The zero-order valence-corrected chi connectivity index (χ0v) is 10.2. The van der Waals surface area contributed by atoms with E-state index < -0.39 is 0 Å². The number of nitrogens with zero attached hydrogens (tertiary/aromatic N) is 3. The predicted octanol–water partition coefficient (Wildman–Crippen LogP) is -0.238. The number of rotatable bonds is 3. The number of carbonyl (C=O) groups excluding carboxylic acids is 1. The Hall–Kier alpha value is -2.28. The summed E-state index contributed by atoms with van der Waals surface area (Å²) in [5, 5.41) is 9.77. The molecule has 0 aromatic carbocycles. The molecule has 98 valence electrons. The van der Waals surface area contributed by atoms with Gasteiger partial charge in [-0.15, -0.1) is 0 Å². The van der Waals surface area contributed by atoms with Gasteiger partial charge in [0.15, 0.2) is 0 Å². The number of amides is 1. The molecule has 2 aromatic rings. The van der Waals surface area contributed by atoms with Crippen molar-refractivity contribution in [2.45, 2.75) is 12.5 Å². The van der Waals surface area contributed by atoms with E-state index in [1.54, 1.807) is 12.3 Å². The summed E-state index contributed by atoms with van der Waals surface area (Å²) in [5.74, 6) is 0.825. The van der Waals surface area contributed by atoms with E-state index in [0.29, 0.717) is 30.4 Å². The number of carbonyl (C=O) groups is 1. The van der Waals surface area contributed by atoms with Gasteiger partial charge in [-0.1, -0.05) is 11.2 Å². The Balaban J connectivity index is 1.73. The number of aromatic nitrogens is 3. The molecule has 1 unspecified atom stereocenters. The van der Waals surface area contributed by atoms with Gasteiger partial charge in [-0.2, -0.15) is 4.98 Å². The maximum Gasteiger partial charge on any atom is 0.237 e. The van der Waals surface area contributed by atoms with Crippen LogP contribution in [0.15, 0.2) is 28.9 Å². The van der Waals surface area contributed by atoms with Crippen molar-refractivity contribution in [3.8, 4) is 11.5 Å². The summed E-state index contributed by atoms with van der Waals surface area (Å²) in [5.41, 5.74) is 0.651. The SMILES string of the molecule is O=C1NCCNC1Cc1nc(-c2ccccn2)no1. The van der Waals surface area contributed by atoms with Crippen LogP contribution in [0, 0.1) is 0 Å². The van der Waals surface area contributed by atoms with Gasteiger partial charge in [0.25, 0.3) is 0 Å². The molecule has 3 rings (SSSR count). The van der Waals surface area contributed by atoms with Gasteiger partial charge < -0.3 is 15.2 Å². The molecule has 1 aliphatic heterocycles. The van der Waals surface area contributed by atoms with E-state index in [2.05, 4.69) is 25.8 Å². The Bertz CT molecular complexity index is 569. The average molecular weight is 259 g/mol. The number of hydrogen-bond donors (Lipinski definition) is 2. The topological polar surface area (TPSA) is 92.9 Å². The monoisotopic (exact) mass is 259 g/mol. The van der Waals surface area contributed by atoms with Crippen molar-refractivity contribution >= 4 is 5.91 Å². The first-order valence-electron chi connectivity index (χ1n) is 6.08. The second kappa shape index (κ2) is 5.15. The van der Waals surface area contributed by atoms with E-state index in [9.17, 15) is 4.79 Å². The molecule has 1 fully saturated rings. The molecule has 1 amide bonds. The predicted molar refractivity (Wildman–Crippen MR) is 66.0 cm³/mol. The average Bonchev–Trinajstić information content (AvgIpc) is 2.91. The van der Waals surface area contributed by atoms with E-state index >= 15 is 0 Å². The molecule has 7 nitrogen and oxygen atoms in total. The minimum absolute atomic E-state index is 0.0381. The first kappa shape index (κ1) is 11.8. The van der Waals surface area contributed by atoms with Crippen molar-refractivity contribution in [1.29, 1.82) is 0 Å². The normalized spacial score (nSPS) is 19.2. The minimum atomic E-state index is -0.314. The maximum absolute atomic E-state index is 11.6. The molecule has 1 atom stereocenters. The van der Waals surface area contributed by atoms with E-state index in [4.69, 9.17) is 4.52 Å². The second-order valence-corrected chi connectivity index (χ2v) is 4.23. The summed E-state index contributed by atoms with van der Waals surface area (Å²) in [6, 6.07) is 5.17. The van der Waals surface area contributed by atoms with Gasteiger partial charge in [0.1, 0.15) is 5.69 Å². The molecular weight excluding hydrogens is 246 g/mol. The van der Waals surface area contributed by atoms with Crippen LogP contribution in [0.5, 0.6) is 0 Å². The molecule has 0 radical (unpaired) electrons. The van der Waals surface area contributed by atoms with Crippen LogP contribution >= 0.6 is 0 Å². The molecule has 0 saturated carbocycles. The van der Waals surface area contributed by atoms with Crippen molar-refractivity contribution < 1.29 is 9.32 Å². The third-order valence-corrected chi connectivity index (χ3v) is 2.87. The zero-order chi connectivity index (χ0) is 13.1. The standard InChI is InChI=1S/C12H13N5O2/c18-12-9(14-5-6-15-12)7-10-16-11(17-19-10)8-3-1-2-4-13-8/h1-4,9,14H,5-7H2,(H,15,18). The van der Waals surface area contributed by atoms with Gasteiger partial charge in [0, 0.05) is 19.3 Å². The lowest BCUT2D eigenvalue weighted by molar-refractivity contribution is -0.124. The van der Waals surface area contributed by atoms with Crippen LogP contribution in [0.1, 0.15) is 5.89 Å². The third-order valence-electron chi connectivity index (χ3n) is 2.87. The summed E-state index contributed by atoms with van der Waals surface area (Å²) >= 11 is 0. The van der Waals surface area contributed by atoms with E-state index in [1.165, 1.54) is 0 Å². The summed E-state index contributed by atoms with van der Waals surface area (Å²) in [4.78, 5) is 20.0. The van der Waals surface area contributed by atoms with Crippen LogP contribution < -0.4 is 10.6 Å². The minimum Gasteiger partial charge on any atom is -0.353 e. The van der Waals surface area contributed by atoms with Crippen LogP contribution in [-0.4, -0.2) is 40.2 Å². The molecule has 0 bridgehead atoms. The quantitative estimate of drug-likeness (QED) is 0.790. The van der Waals surface area contributed by atoms with E-state index in [-0.39, 0.29) is 11.9 Å². The number of hydrogen-bond acceptors (Lipinski definition) is 6. The van der Waals surface area contributed by atoms with Crippen molar-refractivity contribution in [3.05, 3.63) is 30.3 Å². The molecule has 3 heterocycles. The van der Waals surface area contributed by atoms with Crippen molar-refractivity contribution in [2.75, 3.05) is 13.1 Å². The smallest absolute Gasteiger partial charge is 0.237 e. The summed E-state index contributed by atoms with van der Waals surface area (Å²) in [6.07, 6.45) is 2.05. The van der Waals surface area contributed by atoms with Crippen LogP contribution in [0.2, 0.25) is 0 Å². The molecular formula is C12H13N5O2. The van der Waals surface area contributed by atoms with Gasteiger partial charge >= 0.3 is 0 Å². The molecule has 7 heteroatoms. The van der Waals surface area contributed by atoms with Crippen molar-refractivity contribution in [3.63, 3.8) is 0 Å². The summed E-state index contributed by atoms with van der Waals surface area (Å²) in [6.45, 7) is 1.40. The zero-order valence-electron chi connectivity index (χ0n) is 10.2. The van der Waals surface area contributed by atoms with Crippen molar-refractivity contribution in [1.82, 2.24) is 25.8 Å². The first-order chi connectivity index (χ1) is 9.33. The molecule has 0 spiro atoms. The molecule has 0 aliphatic carbocycles. The summed E-state index contributed by atoms with van der Waals surface area (Å²) < 4.78 is 5.15. The Morgan fingerprint density at radius 1 is 1.37 bits per heavy atom. The lowest BCUT2D eigenvalue weighted by atomic mass is 10.1. The Kier molecular flexibility index (Phi) is 3.20. The highest BCUT2D eigenvalue weighted by molar-refractivity contribution is 5.82. The van der Waals surface area contributed by atoms with Crippen molar-refractivity contribution in [2.24, 2.45) is 0 Å². The van der Waals surface area contributed by atoms with Crippen LogP contribution in [0.25, 0.3) is 11.5 Å². The van der Waals surface area contributed by atoms with Gasteiger partial charge in [-0.25, -0.2) is 0 Å². The molecule has 19 heavy (non-hydrogen) atoms. The highest BCUT2D eigenvalue weighted by Gasteiger charge is 2.24. The largest absolute Gasteiger partial charge is 0.353 e. The first-order valence-corrected chi connectivity index (χ1v) is 6.08.